The molecule has 22 heavy (non-hydrogen) atoms. The van der Waals surface area contributed by atoms with Crippen molar-refractivity contribution in [3.8, 4) is 0 Å². The van der Waals surface area contributed by atoms with Crippen LogP contribution in [0.1, 0.15) is 17.0 Å². The van der Waals surface area contributed by atoms with Crippen molar-refractivity contribution in [3.63, 3.8) is 0 Å². The molecular weight excluding hydrogens is 280 g/mol. The van der Waals surface area contributed by atoms with Gasteiger partial charge in [0.25, 0.3) is 0 Å². The lowest BCUT2D eigenvalue weighted by Crippen LogP contribution is -2.48. The van der Waals surface area contributed by atoms with Crippen molar-refractivity contribution in [3.05, 3.63) is 29.1 Å². The van der Waals surface area contributed by atoms with Crippen molar-refractivity contribution in [2.75, 3.05) is 26.2 Å². The number of morpholine rings is 1. The highest BCUT2D eigenvalue weighted by atomic mass is 16.5. The molecule has 6 nitrogen and oxygen atoms in total. The van der Waals surface area contributed by atoms with E-state index in [0.29, 0.717) is 26.1 Å². The number of imidazole rings is 1. The van der Waals surface area contributed by atoms with Crippen LogP contribution in [0.5, 0.6) is 0 Å². The zero-order chi connectivity index (χ0) is 15.5. The van der Waals surface area contributed by atoms with Gasteiger partial charge < -0.3 is 20.4 Å². The average Bonchev–Trinajstić information content (AvgIpc) is 2.90. The van der Waals surface area contributed by atoms with Crippen molar-refractivity contribution in [2.24, 2.45) is 0 Å². The molecule has 1 saturated heterocycles. The van der Waals surface area contributed by atoms with E-state index >= 15 is 0 Å². The standard InChI is InChI=1S/C16H22N4O2/c1-10-7-12-13(8-11(10)2)20-15(19-12)3-4-18-16(21)14-9-17-5-6-22-14/h7-8,14,17H,3-6,9H2,1-2H3,(H,18,21)(H,19,20)/t14-/m0/s1. The number of amides is 1. The molecule has 1 aromatic heterocycles. The number of aryl methyl sites for hydroxylation is 2. The molecule has 118 valence electrons. The molecule has 6 heteroatoms. The Labute approximate surface area is 129 Å². The summed E-state index contributed by atoms with van der Waals surface area (Å²) in [4.78, 5) is 19.8. The third-order valence-electron chi connectivity index (χ3n) is 4.03. The van der Waals surface area contributed by atoms with E-state index in [1.165, 1.54) is 11.1 Å². The van der Waals surface area contributed by atoms with Crippen LogP contribution in [0.4, 0.5) is 0 Å². The molecule has 1 aliphatic rings. The van der Waals surface area contributed by atoms with E-state index in [1.54, 1.807) is 0 Å². The SMILES string of the molecule is Cc1cc2nc(CCNC(=O)[C@@H]3CNCCO3)[nH]c2cc1C. The van der Waals surface area contributed by atoms with Gasteiger partial charge in [0.1, 0.15) is 11.9 Å². The van der Waals surface area contributed by atoms with Crippen LogP contribution in [0.25, 0.3) is 11.0 Å². The summed E-state index contributed by atoms with van der Waals surface area (Å²) in [6, 6.07) is 4.20. The lowest BCUT2D eigenvalue weighted by molar-refractivity contribution is -0.134. The highest BCUT2D eigenvalue weighted by molar-refractivity contribution is 5.81. The van der Waals surface area contributed by atoms with E-state index in [9.17, 15) is 4.79 Å². The summed E-state index contributed by atoms with van der Waals surface area (Å²) in [5, 5.41) is 6.05. The predicted molar refractivity (Wildman–Crippen MR) is 84.9 cm³/mol. The van der Waals surface area contributed by atoms with Crippen LogP contribution in [0.15, 0.2) is 12.1 Å². The smallest absolute Gasteiger partial charge is 0.250 e. The maximum Gasteiger partial charge on any atom is 0.250 e. The van der Waals surface area contributed by atoms with Crippen LogP contribution in [0, 0.1) is 13.8 Å². The zero-order valence-corrected chi connectivity index (χ0v) is 13.0. The number of carbonyl (C=O) groups excluding carboxylic acids is 1. The molecule has 0 radical (unpaired) electrons. The van der Waals surface area contributed by atoms with Gasteiger partial charge in [-0.25, -0.2) is 4.98 Å². The minimum atomic E-state index is -0.380. The molecule has 2 aromatic rings. The highest BCUT2D eigenvalue weighted by Gasteiger charge is 2.21. The Morgan fingerprint density at radius 1 is 1.41 bits per heavy atom. The molecule has 2 heterocycles. The lowest BCUT2D eigenvalue weighted by Gasteiger charge is -2.22. The minimum Gasteiger partial charge on any atom is -0.366 e. The normalized spacial score (nSPS) is 18.5. The number of benzene rings is 1. The summed E-state index contributed by atoms with van der Waals surface area (Å²) in [7, 11) is 0. The molecule has 0 saturated carbocycles. The highest BCUT2D eigenvalue weighted by Crippen LogP contribution is 2.17. The van der Waals surface area contributed by atoms with Crippen molar-refractivity contribution < 1.29 is 9.53 Å². The molecule has 1 amide bonds. The number of nitrogens with one attached hydrogen (secondary N) is 3. The molecule has 3 rings (SSSR count). The Hall–Kier alpha value is -1.92. The molecule has 1 atom stereocenters. The third kappa shape index (κ3) is 3.28. The van der Waals surface area contributed by atoms with Gasteiger partial charge in [-0.1, -0.05) is 0 Å². The van der Waals surface area contributed by atoms with Gasteiger partial charge >= 0.3 is 0 Å². The Morgan fingerprint density at radius 2 is 2.23 bits per heavy atom. The molecular formula is C16H22N4O2. The van der Waals surface area contributed by atoms with Gasteiger partial charge in [-0.15, -0.1) is 0 Å². The number of hydrogen-bond acceptors (Lipinski definition) is 4. The second-order valence-corrected chi connectivity index (χ2v) is 5.74. The fourth-order valence-corrected chi connectivity index (χ4v) is 2.59. The summed E-state index contributed by atoms with van der Waals surface area (Å²) < 4.78 is 5.42. The molecule has 1 aromatic carbocycles. The van der Waals surface area contributed by atoms with Gasteiger partial charge in [-0.2, -0.15) is 0 Å². The first kappa shape index (κ1) is 15.0. The lowest BCUT2D eigenvalue weighted by atomic mass is 10.1. The summed E-state index contributed by atoms with van der Waals surface area (Å²) in [5.41, 5.74) is 4.51. The van der Waals surface area contributed by atoms with E-state index in [-0.39, 0.29) is 12.0 Å². The van der Waals surface area contributed by atoms with Crippen LogP contribution < -0.4 is 10.6 Å². The quantitative estimate of drug-likeness (QED) is 0.781. The number of fused-ring (bicyclic) bond motifs is 1. The largest absolute Gasteiger partial charge is 0.366 e. The Bertz CT molecular complexity index is 635. The Morgan fingerprint density at radius 3 is 3.00 bits per heavy atom. The first-order valence-electron chi connectivity index (χ1n) is 7.69. The van der Waals surface area contributed by atoms with E-state index in [4.69, 9.17) is 4.74 Å². The van der Waals surface area contributed by atoms with E-state index in [2.05, 4.69) is 46.6 Å². The van der Waals surface area contributed by atoms with Gasteiger partial charge in [0.05, 0.1) is 17.6 Å². The van der Waals surface area contributed by atoms with Crippen LogP contribution in [0.2, 0.25) is 0 Å². The number of hydrogen-bond donors (Lipinski definition) is 3. The van der Waals surface area contributed by atoms with E-state index < -0.39 is 0 Å². The van der Waals surface area contributed by atoms with Gasteiger partial charge in [-0.3, -0.25) is 4.79 Å². The zero-order valence-electron chi connectivity index (χ0n) is 13.0. The van der Waals surface area contributed by atoms with Gasteiger partial charge in [0.2, 0.25) is 5.91 Å². The summed E-state index contributed by atoms with van der Waals surface area (Å²) >= 11 is 0. The minimum absolute atomic E-state index is 0.0602. The van der Waals surface area contributed by atoms with Crippen molar-refractivity contribution in [1.82, 2.24) is 20.6 Å². The first-order chi connectivity index (χ1) is 10.6. The molecule has 0 spiro atoms. The summed E-state index contributed by atoms with van der Waals surface area (Å²) in [5.74, 6) is 0.831. The van der Waals surface area contributed by atoms with E-state index in [0.717, 1.165) is 23.4 Å². The van der Waals surface area contributed by atoms with Crippen molar-refractivity contribution >= 4 is 16.9 Å². The van der Waals surface area contributed by atoms with E-state index in [1.807, 2.05) is 0 Å². The summed E-state index contributed by atoms with van der Waals surface area (Å²) in [6.07, 6.45) is 0.299. The number of rotatable bonds is 4. The molecule has 1 aliphatic heterocycles. The molecule has 1 fully saturated rings. The number of nitrogens with zero attached hydrogens (tertiary/aromatic N) is 1. The Balaban J connectivity index is 1.56. The number of aromatic nitrogens is 2. The van der Waals surface area contributed by atoms with Crippen molar-refractivity contribution in [1.29, 1.82) is 0 Å². The second kappa shape index (κ2) is 6.46. The fourth-order valence-electron chi connectivity index (χ4n) is 2.59. The summed E-state index contributed by atoms with van der Waals surface area (Å²) in [6.45, 7) is 6.70. The molecule has 3 N–H and O–H groups in total. The fraction of sp³-hybridized carbons (Fsp3) is 0.500. The van der Waals surface area contributed by atoms with Gasteiger partial charge in [0, 0.05) is 26.1 Å². The molecule has 0 aliphatic carbocycles. The van der Waals surface area contributed by atoms with Gasteiger partial charge in [0.15, 0.2) is 0 Å². The molecule has 0 bridgehead atoms. The number of aromatic amines is 1. The average molecular weight is 302 g/mol. The maximum atomic E-state index is 11.9. The van der Waals surface area contributed by atoms with Crippen LogP contribution in [-0.2, 0) is 16.0 Å². The van der Waals surface area contributed by atoms with Crippen LogP contribution >= 0.6 is 0 Å². The van der Waals surface area contributed by atoms with Gasteiger partial charge in [-0.05, 0) is 37.1 Å². The van der Waals surface area contributed by atoms with Crippen LogP contribution in [-0.4, -0.2) is 48.2 Å². The molecule has 0 unspecified atom stereocenters. The van der Waals surface area contributed by atoms with Crippen LogP contribution in [0.3, 0.4) is 0 Å². The van der Waals surface area contributed by atoms with Crippen molar-refractivity contribution in [2.45, 2.75) is 26.4 Å². The number of ether oxygens (including phenoxy) is 1. The topological polar surface area (TPSA) is 79.0 Å². The first-order valence-corrected chi connectivity index (χ1v) is 7.69. The Kier molecular flexibility index (Phi) is 4.40. The second-order valence-electron chi connectivity index (χ2n) is 5.74. The number of H-pyrrole nitrogens is 1. The maximum absolute atomic E-state index is 11.9. The predicted octanol–water partition coefficient (Wildman–Crippen LogP) is 0.827. The monoisotopic (exact) mass is 302 g/mol. The number of carbonyl (C=O) groups is 1. The third-order valence-corrected chi connectivity index (χ3v) is 4.03.